The summed E-state index contributed by atoms with van der Waals surface area (Å²) in [7, 11) is 3.17. The van der Waals surface area contributed by atoms with Gasteiger partial charge in [-0.1, -0.05) is 17.7 Å². The largest absolute Gasteiger partial charge is 0.493 e. The summed E-state index contributed by atoms with van der Waals surface area (Å²) < 4.78 is 10.4. The van der Waals surface area contributed by atoms with E-state index >= 15 is 0 Å². The first-order valence-corrected chi connectivity index (χ1v) is 5.72. The molecule has 16 heavy (non-hydrogen) atoms. The molecule has 1 aliphatic rings. The fourth-order valence-corrected chi connectivity index (χ4v) is 2.23. The molecule has 0 aromatic heterocycles. The van der Waals surface area contributed by atoms with Gasteiger partial charge in [0.2, 0.25) is 0 Å². The number of halogens is 1. The molecule has 0 amide bonds. The van der Waals surface area contributed by atoms with Crippen molar-refractivity contribution in [2.75, 3.05) is 14.2 Å². The second-order valence-electron chi connectivity index (χ2n) is 4.07. The van der Waals surface area contributed by atoms with E-state index in [1.807, 2.05) is 12.1 Å². The van der Waals surface area contributed by atoms with Crippen molar-refractivity contribution in [3.8, 4) is 11.5 Å². The fourth-order valence-electron chi connectivity index (χ4n) is 1.87. The maximum absolute atomic E-state index is 6.27. The second kappa shape index (κ2) is 4.52. The molecule has 4 heteroatoms. The van der Waals surface area contributed by atoms with E-state index in [2.05, 4.69) is 0 Å². The van der Waals surface area contributed by atoms with E-state index in [1.165, 1.54) is 12.8 Å². The van der Waals surface area contributed by atoms with Crippen LogP contribution in [-0.2, 0) is 0 Å². The normalized spacial score (nSPS) is 17.0. The molecule has 0 heterocycles. The van der Waals surface area contributed by atoms with Gasteiger partial charge in [0.1, 0.15) is 0 Å². The Morgan fingerprint density at radius 2 is 2.00 bits per heavy atom. The van der Waals surface area contributed by atoms with Crippen LogP contribution in [0.3, 0.4) is 0 Å². The zero-order chi connectivity index (χ0) is 11.7. The van der Waals surface area contributed by atoms with Crippen LogP contribution in [0, 0.1) is 5.92 Å². The Hall–Kier alpha value is -0.930. The van der Waals surface area contributed by atoms with Gasteiger partial charge in [-0.25, -0.2) is 0 Å². The summed E-state index contributed by atoms with van der Waals surface area (Å²) in [6.07, 6.45) is 2.37. The van der Waals surface area contributed by atoms with E-state index in [4.69, 9.17) is 26.8 Å². The topological polar surface area (TPSA) is 44.5 Å². The van der Waals surface area contributed by atoms with Crippen molar-refractivity contribution in [3.05, 3.63) is 22.7 Å². The van der Waals surface area contributed by atoms with Crippen LogP contribution in [0.15, 0.2) is 12.1 Å². The van der Waals surface area contributed by atoms with E-state index in [9.17, 15) is 0 Å². The molecule has 0 radical (unpaired) electrons. The van der Waals surface area contributed by atoms with Gasteiger partial charge in [0.25, 0.3) is 0 Å². The van der Waals surface area contributed by atoms with Crippen LogP contribution in [0.1, 0.15) is 24.4 Å². The highest BCUT2D eigenvalue weighted by atomic mass is 35.5. The molecular formula is C12H16ClNO2. The molecule has 0 spiro atoms. The third-order valence-electron chi connectivity index (χ3n) is 3.00. The van der Waals surface area contributed by atoms with E-state index in [0.29, 0.717) is 22.4 Å². The van der Waals surface area contributed by atoms with Gasteiger partial charge >= 0.3 is 0 Å². The maximum atomic E-state index is 6.27. The summed E-state index contributed by atoms with van der Waals surface area (Å²) in [5, 5.41) is 0.571. The van der Waals surface area contributed by atoms with Crippen molar-refractivity contribution >= 4 is 11.6 Å². The van der Waals surface area contributed by atoms with Gasteiger partial charge in [-0.3, -0.25) is 0 Å². The highest BCUT2D eigenvalue weighted by Gasteiger charge is 2.31. The van der Waals surface area contributed by atoms with E-state index < -0.39 is 0 Å². The molecule has 1 aromatic rings. The molecule has 0 bridgehead atoms. The Balaban J connectivity index is 2.39. The van der Waals surface area contributed by atoms with Crippen LogP contribution in [0.5, 0.6) is 11.5 Å². The first kappa shape index (κ1) is 11.6. The van der Waals surface area contributed by atoms with Crippen LogP contribution < -0.4 is 15.2 Å². The van der Waals surface area contributed by atoms with Gasteiger partial charge in [-0.15, -0.1) is 0 Å². The number of methoxy groups -OCH3 is 2. The van der Waals surface area contributed by atoms with Gasteiger partial charge in [-0.05, 0) is 30.4 Å². The zero-order valence-corrected chi connectivity index (χ0v) is 10.3. The number of ether oxygens (including phenoxy) is 2. The minimum absolute atomic E-state index is 0.00676. The third kappa shape index (κ3) is 1.97. The molecule has 3 nitrogen and oxygen atoms in total. The lowest BCUT2D eigenvalue weighted by Crippen LogP contribution is -2.13. The summed E-state index contributed by atoms with van der Waals surface area (Å²) in [5.41, 5.74) is 7.08. The molecule has 0 aliphatic heterocycles. The lowest BCUT2D eigenvalue weighted by atomic mass is 10.0. The Morgan fingerprint density at radius 3 is 2.50 bits per heavy atom. The maximum Gasteiger partial charge on any atom is 0.179 e. The molecule has 2 N–H and O–H groups in total. The summed E-state index contributed by atoms with van der Waals surface area (Å²) >= 11 is 6.27. The number of hydrogen-bond donors (Lipinski definition) is 1. The lowest BCUT2D eigenvalue weighted by molar-refractivity contribution is 0.354. The molecule has 1 atom stereocenters. The lowest BCUT2D eigenvalue weighted by Gasteiger charge is -2.17. The fraction of sp³-hybridized carbons (Fsp3) is 0.500. The summed E-state index contributed by atoms with van der Waals surface area (Å²) in [6, 6.07) is 3.78. The zero-order valence-electron chi connectivity index (χ0n) is 9.50. The first-order chi connectivity index (χ1) is 7.69. The number of nitrogens with two attached hydrogens (primary N) is 1. The molecule has 88 valence electrons. The summed E-state index contributed by atoms with van der Waals surface area (Å²) in [4.78, 5) is 0. The Labute approximate surface area is 100 Å². The van der Waals surface area contributed by atoms with Crippen molar-refractivity contribution in [3.63, 3.8) is 0 Å². The van der Waals surface area contributed by atoms with Crippen molar-refractivity contribution in [1.82, 2.24) is 0 Å². The van der Waals surface area contributed by atoms with Gasteiger partial charge in [0.05, 0.1) is 19.2 Å². The average molecular weight is 242 g/mol. The predicted molar refractivity (Wildman–Crippen MR) is 64.2 cm³/mol. The summed E-state index contributed by atoms with van der Waals surface area (Å²) in [6.45, 7) is 0. The molecule has 1 saturated carbocycles. The Morgan fingerprint density at radius 1 is 1.31 bits per heavy atom. The number of benzene rings is 1. The van der Waals surface area contributed by atoms with Gasteiger partial charge < -0.3 is 15.2 Å². The van der Waals surface area contributed by atoms with E-state index in [-0.39, 0.29) is 6.04 Å². The Kier molecular flexibility index (Phi) is 3.26. The van der Waals surface area contributed by atoms with Gasteiger partial charge in [0.15, 0.2) is 11.5 Å². The highest BCUT2D eigenvalue weighted by Crippen LogP contribution is 2.45. The first-order valence-electron chi connectivity index (χ1n) is 5.35. The van der Waals surface area contributed by atoms with Crippen LogP contribution in [0.4, 0.5) is 0 Å². The molecule has 1 aromatic carbocycles. The molecule has 0 saturated heterocycles. The molecule has 0 unspecified atom stereocenters. The molecule has 1 fully saturated rings. The standard InChI is InChI=1S/C12H16ClNO2/c1-15-9-6-5-8(10(13)12(9)16-2)11(14)7-3-4-7/h5-7,11H,3-4,14H2,1-2H3/t11-/m1/s1. The van der Waals surface area contributed by atoms with Gasteiger partial charge in [0, 0.05) is 6.04 Å². The number of rotatable bonds is 4. The number of hydrogen-bond acceptors (Lipinski definition) is 3. The van der Waals surface area contributed by atoms with Crippen LogP contribution in [0.2, 0.25) is 5.02 Å². The molecule has 1 aliphatic carbocycles. The second-order valence-corrected chi connectivity index (χ2v) is 4.45. The van der Waals surface area contributed by atoms with Crippen LogP contribution in [0.25, 0.3) is 0 Å². The minimum Gasteiger partial charge on any atom is -0.493 e. The quantitative estimate of drug-likeness (QED) is 0.882. The highest BCUT2D eigenvalue weighted by molar-refractivity contribution is 6.33. The monoisotopic (exact) mass is 241 g/mol. The van der Waals surface area contributed by atoms with Crippen LogP contribution in [-0.4, -0.2) is 14.2 Å². The average Bonchev–Trinajstić information content (AvgIpc) is 3.11. The molecule has 2 rings (SSSR count). The molecular weight excluding hydrogens is 226 g/mol. The third-order valence-corrected chi connectivity index (χ3v) is 3.39. The van der Waals surface area contributed by atoms with Crippen molar-refractivity contribution < 1.29 is 9.47 Å². The van der Waals surface area contributed by atoms with E-state index in [0.717, 1.165) is 5.56 Å². The van der Waals surface area contributed by atoms with E-state index in [1.54, 1.807) is 14.2 Å². The van der Waals surface area contributed by atoms with Crippen molar-refractivity contribution in [2.24, 2.45) is 11.7 Å². The van der Waals surface area contributed by atoms with Crippen LogP contribution >= 0.6 is 11.6 Å². The van der Waals surface area contributed by atoms with Crippen molar-refractivity contribution in [1.29, 1.82) is 0 Å². The SMILES string of the molecule is COc1ccc([C@H](N)C2CC2)c(Cl)c1OC. The minimum atomic E-state index is 0.00676. The Bertz CT molecular complexity index is 391. The smallest absolute Gasteiger partial charge is 0.179 e. The summed E-state index contributed by atoms with van der Waals surface area (Å²) in [5.74, 6) is 1.77. The van der Waals surface area contributed by atoms with Gasteiger partial charge in [-0.2, -0.15) is 0 Å². The predicted octanol–water partition coefficient (Wildman–Crippen LogP) is 2.77. The van der Waals surface area contributed by atoms with Crippen molar-refractivity contribution in [2.45, 2.75) is 18.9 Å².